The van der Waals surface area contributed by atoms with E-state index in [1.54, 1.807) is 31.2 Å². The molecule has 0 bridgehead atoms. The summed E-state index contributed by atoms with van der Waals surface area (Å²) in [6.07, 6.45) is 2.47. The maximum absolute atomic E-state index is 12.9. The molecule has 8 nitrogen and oxygen atoms in total. The fourth-order valence-electron chi connectivity index (χ4n) is 2.97. The van der Waals surface area contributed by atoms with Crippen molar-refractivity contribution in [3.05, 3.63) is 75.7 Å². The molecule has 0 unspecified atom stereocenters. The lowest BCUT2D eigenvalue weighted by Crippen LogP contribution is -2.21. The van der Waals surface area contributed by atoms with Crippen LogP contribution in [0, 0.1) is 0 Å². The van der Waals surface area contributed by atoms with Gasteiger partial charge in [0.1, 0.15) is 5.75 Å². The van der Waals surface area contributed by atoms with Crippen LogP contribution in [0.5, 0.6) is 5.75 Å². The summed E-state index contributed by atoms with van der Waals surface area (Å²) < 4.78 is 5.35. The first-order valence-corrected chi connectivity index (χ1v) is 10.4. The molecule has 0 spiro atoms. The molecular weight excluding hydrogens is 454 g/mol. The van der Waals surface area contributed by atoms with Crippen LogP contribution in [0.25, 0.3) is 6.08 Å². The van der Waals surface area contributed by atoms with Gasteiger partial charge in [0.2, 0.25) is 0 Å². The second kappa shape index (κ2) is 8.81. The summed E-state index contributed by atoms with van der Waals surface area (Å²) in [7, 11) is 0. The van der Waals surface area contributed by atoms with Gasteiger partial charge in [0.05, 0.1) is 21.9 Å². The maximum Gasteiger partial charge on any atom is 0.337 e. The van der Waals surface area contributed by atoms with Gasteiger partial charge < -0.3 is 4.74 Å². The van der Waals surface area contributed by atoms with Crippen LogP contribution in [0.3, 0.4) is 0 Å². The van der Waals surface area contributed by atoms with Gasteiger partial charge >= 0.3 is 5.97 Å². The number of hydrogen-bond acceptors (Lipinski definition) is 7. The number of nitrogens with zero attached hydrogens (tertiary/aromatic N) is 2. The van der Waals surface area contributed by atoms with Crippen LogP contribution in [0.2, 0.25) is 5.02 Å². The normalized spacial score (nSPS) is 18.4. The van der Waals surface area contributed by atoms with Crippen molar-refractivity contribution in [2.75, 3.05) is 5.01 Å². The molecule has 2 aliphatic rings. The molecule has 0 aromatic heterocycles. The second-order valence-electron chi connectivity index (χ2n) is 6.65. The summed E-state index contributed by atoms with van der Waals surface area (Å²) in [5.74, 6) is -1.74. The highest BCUT2D eigenvalue weighted by Crippen LogP contribution is 2.30. The second-order valence-corrected chi connectivity index (χ2v) is 8.10. The lowest BCUT2D eigenvalue weighted by Gasteiger charge is -2.11. The zero-order chi connectivity index (χ0) is 22.8. The highest BCUT2D eigenvalue weighted by Gasteiger charge is 2.29. The first-order chi connectivity index (χ1) is 15.3. The third kappa shape index (κ3) is 4.48. The van der Waals surface area contributed by atoms with E-state index in [4.69, 9.17) is 16.3 Å². The Balaban J connectivity index is 1.62. The van der Waals surface area contributed by atoms with Crippen LogP contribution in [-0.4, -0.2) is 28.7 Å². The molecule has 0 saturated carbocycles. The van der Waals surface area contributed by atoms with Gasteiger partial charge in [0.15, 0.2) is 0 Å². The van der Waals surface area contributed by atoms with Gasteiger partial charge in [-0.25, -0.2) is 4.79 Å². The SMILES string of the molecule is CC1=NN(c2ccccc2)C(=O)C1=Cc1cc(Cl)ccc1OC(=O)C=C1SC(=O)NC1=O. The van der Waals surface area contributed by atoms with Crippen molar-refractivity contribution in [3.63, 3.8) is 0 Å². The molecular formula is C22H14ClN3O5S. The first-order valence-electron chi connectivity index (χ1n) is 9.25. The number of amides is 3. The molecule has 2 aromatic carbocycles. The number of hydrogen-bond donors (Lipinski definition) is 1. The van der Waals surface area contributed by atoms with E-state index in [-0.39, 0.29) is 16.6 Å². The monoisotopic (exact) mass is 467 g/mol. The summed E-state index contributed by atoms with van der Waals surface area (Å²) in [5, 5.41) is 7.46. The van der Waals surface area contributed by atoms with Crippen LogP contribution in [0.15, 0.2) is 70.2 Å². The van der Waals surface area contributed by atoms with Crippen LogP contribution < -0.4 is 15.1 Å². The maximum atomic E-state index is 12.9. The number of carbonyl (C=O) groups is 4. The molecule has 160 valence electrons. The number of rotatable bonds is 4. The van der Waals surface area contributed by atoms with Crippen LogP contribution in [-0.2, 0) is 14.4 Å². The number of nitrogens with one attached hydrogen (secondary N) is 1. The Morgan fingerprint density at radius 2 is 1.91 bits per heavy atom. The number of hydrazone groups is 1. The van der Waals surface area contributed by atoms with Crippen molar-refractivity contribution in [3.8, 4) is 5.75 Å². The van der Waals surface area contributed by atoms with Gasteiger partial charge in [-0.15, -0.1) is 0 Å². The predicted octanol–water partition coefficient (Wildman–Crippen LogP) is 3.92. The van der Waals surface area contributed by atoms with Gasteiger partial charge in [-0.2, -0.15) is 10.1 Å². The highest BCUT2D eigenvalue weighted by molar-refractivity contribution is 8.18. The fraction of sp³-hybridized carbons (Fsp3) is 0.0455. The minimum absolute atomic E-state index is 0.0682. The van der Waals surface area contributed by atoms with E-state index in [2.05, 4.69) is 10.4 Å². The molecule has 1 saturated heterocycles. The molecule has 1 fully saturated rings. The van der Waals surface area contributed by atoms with Gasteiger partial charge in [-0.1, -0.05) is 29.8 Å². The van der Waals surface area contributed by atoms with Gasteiger partial charge in [0.25, 0.3) is 17.1 Å². The minimum Gasteiger partial charge on any atom is -0.423 e. The number of carbonyl (C=O) groups excluding carboxylic acids is 4. The lowest BCUT2D eigenvalue weighted by atomic mass is 10.1. The van der Waals surface area contributed by atoms with E-state index in [0.717, 1.165) is 6.08 Å². The van der Waals surface area contributed by atoms with Crippen LogP contribution in [0.4, 0.5) is 10.5 Å². The summed E-state index contributed by atoms with van der Waals surface area (Å²) in [6, 6.07) is 13.5. The van der Waals surface area contributed by atoms with Crippen LogP contribution >= 0.6 is 23.4 Å². The molecule has 0 radical (unpaired) electrons. The molecule has 1 N–H and O–H groups in total. The van der Waals surface area contributed by atoms with E-state index in [1.165, 1.54) is 29.3 Å². The molecule has 10 heteroatoms. The number of thioether (sulfide) groups is 1. The zero-order valence-corrected chi connectivity index (χ0v) is 18.1. The van der Waals surface area contributed by atoms with Crippen LogP contribution in [0.1, 0.15) is 12.5 Å². The van der Waals surface area contributed by atoms with E-state index in [0.29, 0.717) is 39.3 Å². The van der Waals surface area contributed by atoms with Crippen molar-refractivity contribution < 1.29 is 23.9 Å². The zero-order valence-electron chi connectivity index (χ0n) is 16.5. The summed E-state index contributed by atoms with van der Waals surface area (Å²) in [5.41, 5.74) is 1.78. The molecule has 32 heavy (non-hydrogen) atoms. The predicted molar refractivity (Wildman–Crippen MR) is 121 cm³/mol. The molecule has 0 aliphatic carbocycles. The van der Waals surface area contributed by atoms with Gasteiger partial charge in [0, 0.05) is 16.7 Å². The Morgan fingerprint density at radius 1 is 1.16 bits per heavy atom. The average Bonchev–Trinajstić information content (AvgIpc) is 3.22. The summed E-state index contributed by atoms with van der Waals surface area (Å²) in [6.45, 7) is 1.69. The Hall–Kier alpha value is -3.69. The Bertz CT molecular complexity index is 1250. The fourth-order valence-corrected chi connectivity index (χ4v) is 3.80. The number of esters is 1. The molecule has 4 rings (SSSR count). The number of ether oxygens (including phenoxy) is 1. The van der Waals surface area contributed by atoms with Crippen molar-refractivity contribution in [1.29, 1.82) is 0 Å². The molecule has 0 atom stereocenters. The Labute approximate surface area is 191 Å². The van der Waals surface area contributed by atoms with E-state index >= 15 is 0 Å². The van der Waals surface area contributed by atoms with Gasteiger partial charge in [-0.05, 0) is 55.1 Å². The van der Waals surface area contributed by atoms with Crippen molar-refractivity contribution in [2.24, 2.45) is 5.10 Å². The van der Waals surface area contributed by atoms with Crippen molar-refractivity contribution >= 4 is 63.9 Å². The Morgan fingerprint density at radius 3 is 2.59 bits per heavy atom. The van der Waals surface area contributed by atoms with Gasteiger partial charge in [-0.3, -0.25) is 19.7 Å². The van der Waals surface area contributed by atoms with E-state index < -0.39 is 17.1 Å². The van der Waals surface area contributed by atoms with Crippen molar-refractivity contribution in [1.82, 2.24) is 5.32 Å². The largest absolute Gasteiger partial charge is 0.423 e. The molecule has 2 heterocycles. The quantitative estimate of drug-likeness (QED) is 0.415. The topological polar surface area (TPSA) is 105 Å². The molecule has 2 aromatic rings. The summed E-state index contributed by atoms with van der Waals surface area (Å²) >= 11 is 6.71. The smallest absolute Gasteiger partial charge is 0.337 e. The number of anilines is 1. The summed E-state index contributed by atoms with van der Waals surface area (Å²) in [4.78, 5) is 48.1. The first kappa shape index (κ1) is 21.5. The standard InChI is InChI=1S/C22H14ClN3O5S/c1-12-16(21(29)26(25-12)15-5-3-2-4-6-15)10-13-9-14(23)7-8-17(13)31-19(27)11-18-20(28)24-22(30)32-18/h2-11H,1H3,(H,24,28,30). The highest BCUT2D eigenvalue weighted by atomic mass is 35.5. The number of imide groups is 1. The third-order valence-corrected chi connectivity index (χ3v) is 5.48. The number of para-hydroxylation sites is 1. The third-order valence-electron chi connectivity index (χ3n) is 4.44. The molecule has 2 aliphatic heterocycles. The number of halogens is 1. The average molecular weight is 468 g/mol. The lowest BCUT2D eigenvalue weighted by molar-refractivity contribution is -0.129. The molecule has 3 amide bonds. The van der Waals surface area contributed by atoms with E-state index in [9.17, 15) is 19.2 Å². The minimum atomic E-state index is -0.853. The number of benzene rings is 2. The van der Waals surface area contributed by atoms with Crippen molar-refractivity contribution in [2.45, 2.75) is 6.92 Å². The van der Waals surface area contributed by atoms with E-state index in [1.807, 2.05) is 6.07 Å². The Kier molecular flexibility index (Phi) is 5.93.